The molecule has 33 heavy (non-hydrogen) atoms. The standard InChI is InChI=1S/C27H36N2O4/c1-18(2)17-22(28-26(32)27(4,5)6)25(31)33-19(3)24(30)29-23(20-13-9-7-10-14-20)21-15-11-8-12-16-21/h7-16,18-19,22-23H,17H2,1-6H3,(H,28,32)(H,29,30)/t19?,22-/m0/s1. The Balaban J connectivity index is 2.12. The van der Waals surface area contributed by atoms with Crippen LogP contribution in [0, 0.1) is 11.3 Å². The van der Waals surface area contributed by atoms with E-state index in [9.17, 15) is 14.4 Å². The Labute approximate surface area is 197 Å². The summed E-state index contributed by atoms with van der Waals surface area (Å²) in [6, 6.07) is 18.0. The molecular weight excluding hydrogens is 416 g/mol. The normalized spacial score (nSPS) is 13.3. The summed E-state index contributed by atoms with van der Waals surface area (Å²) in [5, 5.41) is 5.78. The number of amides is 2. The third kappa shape index (κ3) is 8.04. The van der Waals surface area contributed by atoms with Crippen LogP contribution < -0.4 is 10.6 Å². The zero-order valence-electron chi connectivity index (χ0n) is 20.4. The molecule has 0 bridgehead atoms. The second-order valence-corrected chi connectivity index (χ2v) is 9.75. The summed E-state index contributed by atoms with van der Waals surface area (Å²) >= 11 is 0. The van der Waals surface area contributed by atoms with E-state index in [1.54, 1.807) is 20.8 Å². The molecular formula is C27H36N2O4. The highest BCUT2D eigenvalue weighted by atomic mass is 16.5. The molecule has 6 heteroatoms. The molecule has 1 unspecified atom stereocenters. The van der Waals surface area contributed by atoms with Crippen LogP contribution in [0.1, 0.15) is 65.1 Å². The average molecular weight is 453 g/mol. The lowest BCUT2D eigenvalue weighted by atomic mass is 9.94. The molecule has 0 aliphatic heterocycles. The number of nitrogens with one attached hydrogen (secondary N) is 2. The van der Waals surface area contributed by atoms with Crippen LogP contribution in [-0.2, 0) is 19.1 Å². The highest BCUT2D eigenvalue weighted by Crippen LogP contribution is 2.22. The summed E-state index contributed by atoms with van der Waals surface area (Å²) in [5.74, 6) is -1.10. The molecule has 0 aliphatic rings. The van der Waals surface area contributed by atoms with Gasteiger partial charge in [0.15, 0.2) is 6.10 Å². The lowest BCUT2D eigenvalue weighted by molar-refractivity contribution is -0.158. The van der Waals surface area contributed by atoms with Gasteiger partial charge in [0.2, 0.25) is 5.91 Å². The fourth-order valence-electron chi connectivity index (χ4n) is 3.28. The van der Waals surface area contributed by atoms with Gasteiger partial charge in [0, 0.05) is 5.41 Å². The summed E-state index contributed by atoms with van der Waals surface area (Å²) in [6.45, 7) is 10.8. The molecule has 178 valence electrons. The first-order valence-electron chi connectivity index (χ1n) is 11.4. The summed E-state index contributed by atoms with van der Waals surface area (Å²) < 4.78 is 5.50. The molecule has 0 saturated carbocycles. The first-order chi connectivity index (χ1) is 15.5. The Morgan fingerprint density at radius 3 is 1.73 bits per heavy atom. The van der Waals surface area contributed by atoms with Crippen molar-refractivity contribution in [2.24, 2.45) is 11.3 Å². The maximum atomic E-state index is 13.0. The van der Waals surface area contributed by atoms with Crippen molar-refractivity contribution in [2.75, 3.05) is 0 Å². The lowest BCUT2D eigenvalue weighted by Gasteiger charge is -2.26. The third-order valence-electron chi connectivity index (χ3n) is 5.19. The Morgan fingerprint density at radius 2 is 1.30 bits per heavy atom. The number of esters is 1. The van der Waals surface area contributed by atoms with Gasteiger partial charge in [-0.25, -0.2) is 4.79 Å². The van der Waals surface area contributed by atoms with Gasteiger partial charge in [0.1, 0.15) is 6.04 Å². The van der Waals surface area contributed by atoms with E-state index in [1.807, 2.05) is 74.5 Å². The minimum Gasteiger partial charge on any atom is -0.451 e. The van der Waals surface area contributed by atoms with E-state index in [0.717, 1.165) is 11.1 Å². The number of carbonyl (C=O) groups excluding carboxylic acids is 3. The van der Waals surface area contributed by atoms with Gasteiger partial charge in [-0.05, 0) is 30.4 Å². The molecule has 2 aromatic rings. The smallest absolute Gasteiger partial charge is 0.329 e. The summed E-state index contributed by atoms with van der Waals surface area (Å²) in [5.41, 5.74) is 1.20. The molecule has 0 saturated heterocycles. The minimum atomic E-state index is -1.02. The number of carbonyl (C=O) groups is 3. The van der Waals surface area contributed by atoms with Gasteiger partial charge >= 0.3 is 5.97 Å². The Bertz CT molecular complexity index is 881. The largest absolute Gasteiger partial charge is 0.451 e. The molecule has 0 aromatic heterocycles. The fraction of sp³-hybridized carbons (Fsp3) is 0.444. The van der Waals surface area contributed by atoms with Gasteiger partial charge in [-0.15, -0.1) is 0 Å². The van der Waals surface area contributed by atoms with E-state index in [2.05, 4.69) is 10.6 Å². The van der Waals surface area contributed by atoms with E-state index >= 15 is 0 Å². The number of hydrogen-bond donors (Lipinski definition) is 2. The van der Waals surface area contributed by atoms with Crippen molar-refractivity contribution in [2.45, 2.75) is 66.2 Å². The second kappa shape index (κ2) is 11.6. The minimum absolute atomic E-state index is 0.160. The molecule has 2 aromatic carbocycles. The van der Waals surface area contributed by atoms with Crippen LogP contribution in [0.4, 0.5) is 0 Å². The topological polar surface area (TPSA) is 84.5 Å². The number of benzene rings is 2. The van der Waals surface area contributed by atoms with E-state index in [4.69, 9.17) is 4.74 Å². The summed E-state index contributed by atoms with van der Waals surface area (Å²) in [4.78, 5) is 38.3. The van der Waals surface area contributed by atoms with Crippen LogP contribution in [0.2, 0.25) is 0 Å². The van der Waals surface area contributed by atoms with Crippen LogP contribution in [0.3, 0.4) is 0 Å². The van der Waals surface area contributed by atoms with Gasteiger partial charge < -0.3 is 15.4 Å². The van der Waals surface area contributed by atoms with Crippen molar-refractivity contribution >= 4 is 17.8 Å². The van der Waals surface area contributed by atoms with Gasteiger partial charge in [0.25, 0.3) is 5.91 Å². The van der Waals surface area contributed by atoms with Crippen molar-refractivity contribution < 1.29 is 19.1 Å². The first-order valence-corrected chi connectivity index (χ1v) is 11.4. The molecule has 0 heterocycles. The van der Waals surface area contributed by atoms with Gasteiger partial charge in [-0.3, -0.25) is 9.59 Å². The fourth-order valence-corrected chi connectivity index (χ4v) is 3.28. The third-order valence-corrected chi connectivity index (χ3v) is 5.19. The molecule has 2 N–H and O–H groups in total. The molecule has 2 amide bonds. The number of ether oxygens (including phenoxy) is 1. The number of rotatable bonds is 9. The van der Waals surface area contributed by atoms with Crippen LogP contribution in [0.15, 0.2) is 60.7 Å². The van der Waals surface area contributed by atoms with Crippen LogP contribution in [-0.4, -0.2) is 29.9 Å². The van der Waals surface area contributed by atoms with Gasteiger partial charge in [-0.2, -0.15) is 0 Å². The monoisotopic (exact) mass is 452 g/mol. The average Bonchev–Trinajstić information content (AvgIpc) is 2.76. The van der Waals surface area contributed by atoms with E-state index in [-0.39, 0.29) is 17.9 Å². The lowest BCUT2D eigenvalue weighted by Crippen LogP contribution is -2.49. The van der Waals surface area contributed by atoms with Crippen LogP contribution in [0.25, 0.3) is 0 Å². The molecule has 2 atom stereocenters. The molecule has 0 fully saturated rings. The first kappa shape index (κ1) is 26.1. The van der Waals surface area contributed by atoms with Crippen molar-refractivity contribution in [3.05, 3.63) is 71.8 Å². The molecule has 0 spiro atoms. The maximum Gasteiger partial charge on any atom is 0.329 e. The van der Waals surface area contributed by atoms with Crippen molar-refractivity contribution in [3.63, 3.8) is 0 Å². The van der Waals surface area contributed by atoms with Gasteiger partial charge in [0.05, 0.1) is 6.04 Å². The highest BCUT2D eigenvalue weighted by Gasteiger charge is 2.31. The zero-order chi connectivity index (χ0) is 24.6. The van der Waals surface area contributed by atoms with E-state index in [1.165, 1.54) is 6.92 Å². The van der Waals surface area contributed by atoms with Crippen molar-refractivity contribution in [1.82, 2.24) is 10.6 Å². The van der Waals surface area contributed by atoms with Gasteiger partial charge in [-0.1, -0.05) is 95.3 Å². The predicted octanol–water partition coefficient (Wildman–Crippen LogP) is 4.40. The maximum absolute atomic E-state index is 13.0. The van der Waals surface area contributed by atoms with Crippen molar-refractivity contribution in [1.29, 1.82) is 0 Å². The highest BCUT2D eigenvalue weighted by molar-refractivity contribution is 5.89. The molecule has 0 radical (unpaired) electrons. The SMILES string of the molecule is CC(C)C[C@H](NC(=O)C(C)(C)C)C(=O)OC(C)C(=O)NC(c1ccccc1)c1ccccc1. The predicted molar refractivity (Wildman–Crippen MR) is 129 cm³/mol. The Kier molecular flexibility index (Phi) is 9.21. The molecule has 2 rings (SSSR count). The van der Waals surface area contributed by atoms with Crippen LogP contribution >= 0.6 is 0 Å². The van der Waals surface area contributed by atoms with E-state index in [0.29, 0.717) is 6.42 Å². The molecule has 0 aliphatic carbocycles. The van der Waals surface area contributed by atoms with Crippen LogP contribution in [0.5, 0.6) is 0 Å². The summed E-state index contributed by atoms with van der Waals surface area (Å²) in [7, 11) is 0. The van der Waals surface area contributed by atoms with E-state index < -0.39 is 29.4 Å². The summed E-state index contributed by atoms with van der Waals surface area (Å²) in [6.07, 6.45) is -0.598. The zero-order valence-corrected chi connectivity index (χ0v) is 20.4. The quantitative estimate of drug-likeness (QED) is 0.552. The van der Waals surface area contributed by atoms with Crippen molar-refractivity contribution in [3.8, 4) is 0 Å². The Morgan fingerprint density at radius 1 is 0.818 bits per heavy atom. The second-order valence-electron chi connectivity index (χ2n) is 9.75. The molecule has 6 nitrogen and oxygen atoms in total. The number of hydrogen-bond acceptors (Lipinski definition) is 4. The Hall–Kier alpha value is -3.15.